The predicted molar refractivity (Wildman–Crippen MR) is 63.1 cm³/mol. The summed E-state index contributed by atoms with van der Waals surface area (Å²) in [5, 5.41) is 3.22. The SMILES string of the molecule is C/C(Nc1ccc(C)cc1)=C1\CCOC1=O. The number of hydrogen-bond donors (Lipinski definition) is 1. The smallest absolute Gasteiger partial charge is 0.335 e. The van der Waals surface area contributed by atoms with Crippen molar-refractivity contribution in [1.29, 1.82) is 0 Å². The molecule has 84 valence electrons. The fourth-order valence-electron chi connectivity index (χ4n) is 1.70. The molecule has 1 N–H and O–H groups in total. The third-order valence-electron chi connectivity index (χ3n) is 2.67. The molecule has 3 heteroatoms. The molecule has 0 aliphatic carbocycles. The van der Waals surface area contributed by atoms with Crippen LogP contribution in [0.15, 0.2) is 35.5 Å². The van der Waals surface area contributed by atoms with E-state index in [1.807, 2.05) is 38.1 Å². The highest BCUT2D eigenvalue weighted by atomic mass is 16.5. The summed E-state index contributed by atoms with van der Waals surface area (Å²) in [6, 6.07) is 8.07. The molecule has 1 aromatic carbocycles. The first-order valence-corrected chi connectivity index (χ1v) is 5.37. The van der Waals surface area contributed by atoms with Crippen molar-refractivity contribution >= 4 is 11.7 Å². The summed E-state index contributed by atoms with van der Waals surface area (Å²) in [7, 11) is 0. The zero-order chi connectivity index (χ0) is 11.5. The van der Waals surface area contributed by atoms with E-state index in [2.05, 4.69) is 5.32 Å². The summed E-state index contributed by atoms with van der Waals surface area (Å²) in [5.74, 6) is -0.197. The Morgan fingerprint density at radius 3 is 2.56 bits per heavy atom. The Balaban J connectivity index is 2.15. The van der Waals surface area contributed by atoms with Crippen molar-refractivity contribution in [3.05, 3.63) is 41.1 Å². The number of ether oxygens (including phenoxy) is 1. The second-order valence-corrected chi connectivity index (χ2v) is 3.98. The number of allylic oxidation sites excluding steroid dienone is 1. The second-order valence-electron chi connectivity index (χ2n) is 3.98. The molecule has 16 heavy (non-hydrogen) atoms. The zero-order valence-electron chi connectivity index (χ0n) is 9.54. The van der Waals surface area contributed by atoms with Gasteiger partial charge in [-0.1, -0.05) is 17.7 Å². The molecule has 1 saturated heterocycles. The number of cyclic esters (lactones) is 1. The van der Waals surface area contributed by atoms with Crippen LogP contribution in [0.1, 0.15) is 18.9 Å². The quantitative estimate of drug-likeness (QED) is 0.611. The summed E-state index contributed by atoms with van der Waals surface area (Å²) in [6.45, 7) is 4.45. The maximum Gasteiger partial charge on any atom is 0.335 e. The maximum absolute atomic E-state index is 11.3. The molecule has 0 spiro atoms. The summed E-state index contributed by atoms with van der Waals surface area (Å²) in [4.78, 5) is 11.3. The first-order valence-electron chi connectivity index (χ1n) is 5.37. The summed E-state index contributed by atoms with van der Waals surface area (Å²) in [6.07, 6.45) is 0.698. The third kappa shape index (κ3) is 2.24. The molecule has 0 unspecified atom stereocenters. The van der Waals surface area contributed by atoms with Crippen LogP contribution in [0.2, 0.25) is 0 Å². The van der Waals surface area contributed by atoms with Crippen molar-refractivity contribution in [2.45, 2.75) is 20.3 Å². The van der Waals surface area contributed by atoms with E-state index in [0.29, 0.717) is 13.0 Å². The first kappa shape index (κ1) is 10.7. The molecule has 0 amide bonds. The number of hydrogen-bond acceptors (Lipinski definition) is 3. The molecule has 0 atom stereocenters. The van der Waals surface area contributed by atoms with Crippen molar-refractivity contribution in [1.82, 2.24) is 0 Å². The number of aryl methyl sites for hydroxylation is 1. The van der Waals surface area contributed by atoms with Gasteiger partial charge in [0.25, 0.3) is 0 Å². The van der Waals surface area contributed by atoms with Crippen molar-refractivity contribution in [2.75, 3.05) is 11.9 Å². The van der Waals surface area contributed by atoms with Gasteiger partial charge in [0, 0.05) is 17.8 Å². The Kier molecular flexibility index (Phi) is 2.95. The molecule has 1 aromatic rings. The zero-order valence-corrected chi connectivity index (χ0v) is 9.54. The third-order valence-corrected chi connectivity index (χ3v) is 2.67. The highest BCUT2D eigenvalue weighted by Crippen LogP contribution is 2.19. The average molecular weight is 217 g/mol. The fourth-order valence-corrected chi connectivity index (χ4v) is 1.70. The van der Waals surface area contributed by atoms with Gasteiger partial charge in [-0.15, -0.1) is 0 Å². The van der Waals surface area contributed by atoms with Crippen molar-refractivity contribution in [3.63, 3.8) is 0 Å². The lowest BCUT2D eigenvalue weighted by atomic mass is 10.1. The minimum atomic E-state index is -0.197. The summed E-state index contributed by atoms with van der Waals surface area (Å²) in [5.41, 5.74) is 3.85. The van der Waals surface area contributed by atoms with Gasteiger partial charge in [-0.2, -0.15) is 0 Å². The van der Waals surface area contributed by atoms with Crippen LogP contribution in [0.3, 0.4) is 0 Å². The van der Waals surface area contributed by atoms with Crippen molar-refractivity contribution in [2.24, 2.45) is 0 Å². The van der Waals surface area contributed by atoms with Crippen LogP contribution in [-0.2, 0) is 9.53 Å². The number of benzene rings is 1. The molecule has 1 aliphatic rings. The molecule has 1 aliphatic heterocycles. The Morgan fingerprint density at radius 1 is 1.31 bits per heavy atom. The molecular weight excluding hydrogens is 202 g/mol. The molecule has 0 bridgehead atoms. The van der Waals surface area contributed by atoms with E-state index in [9.17, 15) is 4.79 Å². The van der Waals surface area contributed by atoms with Gasteiger partial charge in [0.1, 0.15) is 0 Å². The van der Waals surface area contributed by atoms with Gasteiger partial charge in [-0.25, -0.2) is 4.79 Å². The standard InChI is InChI=1S/C13H15NO2/c1-9-3-5-11(6-4-9)14-10(2)12-7-8-16-13(12)15/h3-6,14H,7-8H2,1-2H3/b12-10-. The Bertz CT molecular complexity index is 432. The summed E-state index contributed by atoms with van der Waals surface area (Å²) < 4.78 is 4.91. The number of nitrogens with one attached hydrogen (secondary N) is 1. The van der Waals surface area contributed by atoms with Gasteiger partial charge in [0.2, 0.25) is 0 Å². The molecule has 3 nitrogen and oxygen atoms in total. The van der Waals surface area contributed by atoms with Gasteiger partial charge in [-0.05, 0) is 26.0 Å². The van der Waals surface area contributed by atoms with Crippen molar-refractivity contribution in [3.8, 4) is 0 Å². The van der Waals surface area contributed by atoms with E-state index >= 15 is 0 Å². The lowest BCUT2D eigenvalue weighted by molar-refractivity contribution is -0.135. The number of carbonyl (C=O) groups excluding carboxylic acids is 1. The van der Waals surface area contributed by atoms with E-state index in [0.717, 1.165) is 17.0 Å². The maximum atomic E-state index is 11.3. The van der Waals surface area contributed by atoms with Gasteiger partial charge in [0.05, 0.1) is 12.2 Å². The molecular formula is C13H15NO2. The van der Waals surface area contributed by atoms with Crippen LogP contribution < -0.4 is 5.32 Å². The van der Waals surface area contributed by atoms with Crippen LogP contribution in [0.5, 0.6) is 0 Å². The van der Waals surface area contributed by atoms with Gasteiger partial charge in [-0.3, -0.25) is 0 Å². The Morgan fingerprint density at radius 2 is 2.00 bits per heavy atom. The molecule has 1 heterocycles. The second kappa shape index (κ2) is 4.39. The van der Waals surface area contributed by atoms with Crippen LogP contribution in [0, 0.1) is 6.92 Å². The molecule has 1 fully saturated rings. The first-order chi connectivity index (χ1) is 7.66. The van der Waals surface area contributed by atoms with Crippen LogP contribution in [-0.4, -0.2) is 12.6 Å². The highest BCUT2D eigenvalue weighted by Gasteiger charge is 2.21. The van der Waals surface area contributed by atoms with E-state index < -0.39 is 0 Å². The van der Waals surface area contributed by atoms with E-state index in [4.69, 9.17) is 4.74 Å². The topological polar surface area (TPSA) is 38.3 Å². The molecule has 2 rings (SSSR count). The van der Waals surface area contributed by atoms with Gasteiger partial charge < -0.3 is 10.1 Å². The fraction of sp³-hybridized carbons (Fsp3) is 0.308. The minimum Gasteiger partial charge on any atom is -0.462 e. The van der Waals surface area contributed by atoms with Crippen LogP contribution >= 0.6 is 0 Å². The van der Waals surface area contributed by atoms with E-state index in [-0.39, 0.29) is 5.97 Å². The minimum absolute atomic E-state index is 0.197. The normalized spacial score (nSPS) is 18.2. The molecule has 0 aromatic heterocycles. The number of rotatable bonds is 2. The predicted octanol–water partition coefficient (Wildman–Crippen LogP) is 2.63. The largest absolute Gasteiger partial charge is 0.462 e. The van der Waals surface area contributed by atoms with Gasteiger partial charge in [0.15, 0.2) is 0 Å². The van der Waals surface area contributed by atoms with E-state index in [1.54, 1.807) is 0 Å². The summed E-state index contributed by atoms with van der Waals surface area (Å²) >= 11 is 0. The molecule has 0 radical (unpaired) electrons. The number of carbonyl (C=O) groups is 1. The number of esters is 1. The lowest BCUT2D eigenvalue weighted by Gasteiger charge is -2.08. The highest BCUT2D eigenvalue weighted by molar-refractivity contribution is 5.91. The van der Waals surface area contributed by atoms with Crippen molar-refractivity contribution < 1.29 is 9.53 Å². The van der Waals surface area contributed by atoms with Crippen LogP contribution in [0.4, 0.5) is 5.69 Å². The lowest BCUT2D eigenvalue weighted by Crippen LogP contribution is -2.04. The monoisotopic (exact) mass is 217 g/mol. The van der Waals surface area contributed by atoms with Gasteiger partial charge >= 0.3 is 5.97 Å². The van der Waals surface area contributed by atoms with Crippen LogP contribution in [0.25, 0.3) is 0 Å². The molecule has 0 saturated carbocycles. The van der Waals surface area contributed by atoms with E-state index in [1.165, 1.54) is 5.56 Å². The number of anilines is 1. The Labute approximate surface area is 95.1 Å². The Hall–Kier alpha value is -1.77. The average Bonchev–Trinajstić information content (AvgIpc) is 2.68.